The van der Waals surface area contributed by atoms with Crippen molar-refractivity contribution in [1.29, 1.82) is 0 Å². The first-order valence-electron chi connectivity index (χ1n) is 8.42. The number of carbonyl (C=O) groups excluding carboxylic acids is 1. The normalized spacial score (nSPS) is 25.4. The second kappa shape index (κ2) is 6.74. The molecule has 2 aromatic heterocycles. The summed E-state index contributed by atoms with van der Waals surface area (Å²) in [6, 6.07) is 3.43. The van der Waals surface area contributed by atoms with Crippen LogP contribution in [0.3, 0.4) is 0 Å². The van der Waals surface area contributed by atoms with E-state index < -0.39 is 18.0 Å². The Morgan fingerprint density at radius 3 is 2.85 bits per heavy atom. The molecule has 2 aromatic rings. The number of hydrogen-bond acceptors (Lipinski definition) is 7. The molecule has 4 atom stereocenters. The maximum absolute atomic E-state index is 12.4. The molecule has 0 bridgehead atoms. The molecule has 0 spiro atoms. The van der Waals surface area contributed by atoms with Gasteiger partial charge in [0.2, 0.25) is 5.91 Å². The highest BCUT2D eigenvalue weighted by atomic mass is 32.2. The van der Waals surface area contributed by atoms with Crippen LogP contribution in [0.15, 0.2) is 44.8 Å². The van der Waals surface area contributed by atoms with E-state index in [0.29, 0.717) is 9.24 Å². The van der Waals surface area contributed by atoms with Crippen LogP contribution in [0.1, 0.15) is 13.8 Å². The zero-order valence-corrected chi connectivity index (χ0v) is 16.2. The zero-order chi connectivity index (χ0) is 19.3. The van der Waals surface area contributed by atoms with E-state index in [4.69, 9.17) is 0 Å². The lowest BCUT2D eigenvalue weighted by Crippen LogP contribution is -2.63. The minimum atomic E-state index is -1.13. The van der Waals surface area contributed by atoms with Gasteiger partial charge in [0, 0.05) is 34.2 Å². The molecule has 9 heteroatoms. The second-order valence-corrected chi connectivity index (χ2v) is 8.76. The smallest absolute Gasteiger partial charge is 0.353 e. The molecule has 1 fully saturated rings. The Labute approximate surface area is 163 Å². The minimum absolute atomic E-state index is 0.0116. The summed E-state index contributed by atoms with van der Waals surface area (Å²) in [5.74, 6) is -2.20. The van der Waals surface area contributed by atoms with E-state index in [-0.39, 0.29) is 23.6 Å². The van der Waals surface area contributed by atoms with E-state index >= 15 is 0 Å². The van der Waals surface area contributed by atoms with Crippen LogP contribution in [-0.4, -0.2) is 49.1 Å². The number of carbonyl (C=O) groups is 2. The summed E-state index contributed by atoms with van der Waals surface area (Å²) in [6.45, 7) is 3.46. The van der Waals surface area contributed by atoms with E-state index in [1.165, 1.54) is 28.0 Å². The maximum Gasteiger partial charge on any atom is 0.353 e. The number of fused-ring (bicyclic) bond motifs is 1. The number of carboxylic acids is 1. The monoisotopic (exact) mass is 403 g/mol. The van der Waals surface area contributed by atoms with Crippen LogP contribution in [0.25, 0.3) is 11.3 Å². The van der Waals surface area contributed by atoms with Gasteiger partial charge in [0.1, 0.15) is 5.70 Å². The molecule has 0 saturated carbocycles. The van der Waals surface area contributed by atoms with Gasteiger partial charge in [-0.2, -0.15) is 0 Å². The van der Waals surface area contributed by atoms with E-state index in [1.54, 1.807) is 19.3 Å². The van der Waals surface area contributed by atoms with E-state index in [1.807, 2.05) is 24.4 Å². The zero-order valence-electron chi connectivity index (χ0n) is 14.6. The number of aliphatic hydroxyl groups excluding tert-OH is 1. The molecule has 2 aliphatic heterocycles. The van der Waals surface area contributed by atoms with Crippen molar-refractivity contribution in [2.24, 2.45) is 11.8 Å². The number of amides is 1. The number of pyridine rings is 1. The van der Waals surface area contributed by atoms with Gasteiger partial charge in [0.25, 0.3) is 0 Å². The van der Waals surface area contributed by atoms with Gasteiger partial charge in [-0.1, -0.05) is 18.7 Å². The molecule has 2 N–H and O–H groups in total. The van der Waals surface area contributed by atoms with Gasteiger partial charge in [-0.25, -0.2) is 9.78 Å². The number of aromatic nitrogens is 2. The molecule has 1 unspecified atom stereocenters. The lowest BCUT2D eigenvalue weighted by Gasteiger charge is -2.46. The largest absolute Gasteiger partial charge is 0.477 e. The number of thiazole rings is 1. The first kappa shape index (κ1) is 18.1. The molecule has 0 radical (unpaired) electrons. The van der Waals surface area contributed by atoms with E-state index in [9.17, 15) is 19.8 Å². The van der Waals surface area contributed by atoms with Gasteiger partial charge in [-0.15, -0.1) is 11.3 Å². The summed E-state index contributed by atoms with van der Waals surface area (Å²) in [7, 11) is 0. The lowest BCUT2D eigenvalue weighted by atomic mass is 9.79. The summed E-state index contributed by atoms with van der Waals surface area (Å²) in [6.07, 6.45) is 2.61. The topological polar surface area (TPSA) is 104 Å². The highest BCUT2D eigenvalue weighted by Gasteiger charge is 2.60. The van der Waals surface area contributed by atoms with Crippen molar-refractivity contribution >= 4 is 35.0 Å². The number of rotatable bonds is 5. The van der Waals surface area contributed by atoms with Crippen LogP contribution in [-0.2, 0) is 9.59 Å². The van der Waals surface area contributed by atoms with Crippen molar-refractivity contribution in [3.05, 3.63) is 40.5 Å². The van der Waals surface area contributed by atoms with Gasteiger partial charge < -0.3 is 15.1 Å². The Bertz CT molecular complexity index is 941. The van der Waals surface area contributed by atoms with Crippen molar-refractivity contribution in [2.45, 2.75) is 30.3 Å². The third-order valence-corrected chi connectivity index (χ3v) is 7.17. The van der Waals surface area contributed by atoms with Gasteiger partial charge in [-0.3, -0.25) is 9.78 Å². The number of thioether (sulfide) groups is 1. The van der Waals surface area contributed by atoms with E-state index in [2.05, 4.69) is 9.97 Å². The van der Waals surface area contributed by atoms with Crippen LogP contribution in [0.5, 0.6) is 0 Å². The Balaban J connectivity index is 1.64. The molecule has 27 heavy (non-hydrogen) atoms. The fraction of sp³-hybridized carbons (Fsp3) is 0.333. The first-order valence-corrected chi connectivity index (χ1v) is 10.1. The summed E-state index contributed by atoms with van der Waals surface area (Å²) in [5.41, 5.74) is 1.68. The Hall–Kier alpha value is -2.23. The molecule has 4 rings (SSSR count). The molecule has 0 aromatic carbocycles. The average Bonchev–Trinajstić information content (AvgIpc) is 3.18. The Morgan fingerprint density at radius 1 is 1.44 bits per heavy atom. The highest BCUT2D eigenvalue weighted by Crippen LogP contribution is 2.52. The molecular weight excluding hydrogens is 386 g/mol. The molecule has 140 valence electrons. The fourth-order valence-electron chi connectivity index (χ4n) is 3.70. The summed E-state index contributed by atoms with van der Waals surface area (Å²) >= 11 is 2.71. The molecule has 7 nitrogen and oxygen atoms in total. The standard InChI is InChI=1S/C18H17N3O4S2/c1-8-13-12(9(2)22)16(23)21(13)14(17(24)25)15(8)27-18-20-11(7-26-18)10-4-3-5-19-6-10/h3-9,12-13,22H,1-2H3,(H,24,25)/t8-,9?,12+,13+/m1/s1. The SMILES string of the molecule is CC(O)[C@@H]1C(=O)N2C(C(=O)O)=C(Sc3nc(-c4cccnc4)cs3)[C@H](C)[C@@H]12. The van der Waals surface area contributed by atoms with Crippen molar-refractivity contribution in [3.8, 4) is 11.3 Å². The molecule has 4 heterocycles. The minimum Gasteiger partial charge on any atom is -0.477 e. The number of aliphatic hydroxyl groups is 1. The average molecular weight is 403 g/mol. The third-order valence-electron chi connectivity index (χ3n) is 4.95. The predicted molar refractivity (Wildman–Crippen MR) is 101 cm³/mol. The third kappa shape index (κ3) is 2.86. The highest BCUT2D eigenvalue weighted by molar-refractivity contribution is 8.04. The van der Waals surface area contributed by atoms with Gasteiger partial charge in [0.05, 0.1) is 23.8 Å². The van der Waals surface area contributed by atoms with Crippen LogP contribution in [0.2, 0.25) is 0 Å². The number of nitrogens with zero attached hydrogens (tertiary/aromatic N) is 3. The number of aliphatic carboxylic acids is 1. The molecule has 1 amide bonds. The van der Waals surface area contributed by atoms with Gasteiger partial charge >= 0.3 is 5.97 Å². The van der Waals surface area contributed by atoms with Gasteiger partial charge in [0.15, 0.2) is 4.34 Å². The molecule has 0 aliphatic carbocycles. The summed E-state index contributed by atoms with van der Waals surface area (Å²) in [5, 5.41) is 21.5. The summed E-state index contributed by atoms with van der Waals surface area (Å²) in [4.78, 5) is 34.8. The van der Waals surface area contributed by atoms with E-state index in [0.717, 1.165) is 11.3 Å². The van der Waals surface area contributed by atoms with Crippen molar-refractivity contribution in [3.63, 3.8) is 0 Å². The molecule has 2 aliphatic rings. The van der Waals surface area contributed by atoms with Crippen LogP contribution in [0, 0.1) is 11.8 Å². The van der Waals surface area contributed by atoms with Gasteiger partial charge in [-0.05, 0) is 19.1 Å². The van der Waals surface area contributed by atoms with Crippen LogP contribution < -0.4 is 0 Å². The number of β-lactam (4-membered cyclic amide) rings is 1. The molecular formula is C18H17N3O4S2. The van der Waals surface area contributed by atoms with Crippen LogP contribution in [0.4, 0.5) is 0 Å². The quantitative estimate of drug-likeness (QED) is 0.739. The lowest BCUT2D eigenvalue weighted by molar-refractivity contribution is -0.163. The second-order valence-electron chi connectivity index (χ2n) is 6.61. The summed E-state index contributed by atoms with van der Waals surface area (Å²) < 4.78 is 0.706. The Kier molecular flexibility index (Phi) is 4.53. The maximum atomic E-state index is 12.4. The first-order chi connectivity index (χ1) is 12.9. The predicted octanol–water partition coefficient (Wildman–Crippen LogP) is 2.45. The Morgan fingerprint density at radius 2 is 2.22 bits per heavy atom. The van der Waals surface area contributed by atoms with Crippen molar-refractivity contribution in [1.82, 2.24) is 14.9 Å². The number of carboxylic acid groups (broad SMARTS) is 1. The van der Waals surface area contributed by atoms with Crippen LogP contribution >= 0.6 is 23.1 Å². The van der Waals surface area contributed by atoms with Crippen molar-refractivity contribution < 1.29 is 19.8 Å². The number of hydrogen-bond donors (Lipinski definition) is 2. The fourth-order valence-corrected chi connectivity index (χ4v) is 5.80. The van der Waals surface area contributed by atoms with Crippen molar-refractivity contribution in [2.75, 3.05) is 0 Å². The molecule has 1 saturated heterocycles.